The molecule has 84 valence electrons. The summed E-state index contributed by atoms with van der Waals surface area (Å²) >= 11 is 0. The van der Waals surface area contributed by atoms with Gasteiger partial charge in [-0.05, 0) is 43.5 Å². The van der Waals surface area contributed by atoms with Crippen LogP contribution >= 0.6 is 0 Å². The molecular weight excluding hydrogens is 191 g/mol. The van der Waals surface area contributed by atoms with Crippen molar-refractivity contribution in [2.24, 2.45) is 5.92 Å². The largest absolute Gasteiger partial charge is 0.316 e. The number of pyridine rings is 1. The minimum atomic E-state index is -0.195. The third-order valence-corrected chi connectivity index (χ3v) is 2.34. The first-order valence-electron chi connectivity index (χ1n) is 5.53. The zero-order valence-electron chi connectivity index (χ0n) is 9.46. The number of halogens is 1. The van der Waals surface area contributed by atoms with Crippen LogP contribution in [0.15, 0.2) is 18.5 Å². The van der Waals surface area contributed by atoms with Gasteiger partial charge >= 0.3 is 0 Å². The van der Waals surface area contributed by atoms with Gasteiger partial charge in [0.2, 0.25) is 0 Å². The summed E-state index contributed by atoms with van der Waals surface area (Å²) in [6.07, 6.45) is 4.83. The molecular formula is C12H19FN2. The minimum Gasteiger partial charge on any atom is -0.316 e. The Morgan fingerprint density at radius 3 is 3.00 bits per heavy atom. The zero-order valence-corrected chi connectivity index (χ0v) is 9.46. The van der Waals surface area contributed by atoms with Gasteiger partial charge in [-0.25, -0.2) is 4.39 Å². The molecule has 0 bridgehead atoms. The highest BCUT2D eigenvalue weighted by atomic mass is 19.1. The molecule has 1 aromatic rings. The molecule has 1 rings (SSSR count). The molecule has 0 radical (unpaired) electrons. The third kappa shape index (κ3) is 4.38. The molecule has 1 heterocycles. The Labute approximate surface area is 90.9 Å². The van der Waals surface area contributed by atoms with Crippen molar-refractivity contribution < 1.29 is 4.39 Å². The smallest absolute Gasteiger partial charge is 0.144 e. The number of aromatic nitrogens is 1. The van der Waals surface area contributed by atoms with E-state index >= 15 is 0 Å². The van der Waals surface area contributed by atoms with Gasteiger partial charge < -0.3 is 5.32 Å². The average molecular weight is 210 g/mol. The highest BCUT2D eigenvalue weighted by Gasteiger charge is 2.06. The predicted molar refractivity (Wildman–Crippen MR) is 60.2 cm³/mol. The monoisotopic (exact) mass is 210 g/mol. The molecule has 0 aliphatic carbocycles. The molecule has 15 heavy (non-hydrogen) atoms. The summed E-state index contributed by atoms with van der Waals surface area (Å²) in [4.78, 5) is 3.74. The molecule has 0 amide bonds. The van der Waals surface area contributed by atoms with Gasteiger partial charge in [0.25, 0.3) is 0 Å². The van der Waals surface area contributed by atoms with Gasteiger partial charge in [0, 0.05) is 6.20 Å². The number of rotatable bonds is 6. The van der Waals surface area contributed by atoms with E-state index in [-0.39, 0.29) is 5.82 Å². The second-order valence-corrected chi connectivity index (χ2v) is 3.98. The summed E-state index contributed by atoms with van der Waals surface area (Å²) in [6, 6.07) is 1.76. The SMILES string of the molecule is CCCNCC(C)Cc1ccncc1F. The van der Waals surface area contributed by atoms with Crippen molar-refractivity contribution in [1.82, 2.24) is 10.3 Å². The number of nitrogens with zero attached hydrogens (tertiary/aromatic N) is 1. The Bertz CT molecular complexity index is 289. The van der Waals surface area contributed by atoms with Crippen molar-refractivity contribution in [3.8, 4) is 0 Å². The normalized spacial score (nSPS) is 12.7. The molecule has 2 nitrogen and oxygen atoms in total. The van der Waals surface area contributed by atoms with Gasteiger partial charge in [-0.15, -0.1) is 0 Å². The molecule has 0 aromatic carbocycles. The molecule has 0 saturated heterocycles. The van der Waals surface area contributed by atoms with Gasteiger partial charge in [0.15, 0.2) is 0 Å². The van der Waals surface area contributed by atoms with E-state index in [9.17, 15) is 4.39 Å². The van der Waals surface area contributed by atoms with E-state index in [1.54, 1.807) is 12.3 Å². The van der Waals surface area contributed by atoms with E-state index < -0.39 is 0 Å². The number of hydrogen-bond donors (Lipinski definition) is 1. The van der Waals surface area contributed by atoms with Crippen LogP contribution in [0.25, 0.3) is 0 Å². The first-order chi connectivity index (χ1) is 7.24. The molecule has 0 saturated carbocycles. The topological polar surface area (TPSA) is 24.9 Å². The standard InChI is InChI=1S/C12H19FN2/c1-3-5-14-8-10(2)7-11-4-6-15-9-12(11)13/h4,6,9-10,14H,3,5,7-8H2,1-2H3. The summed E-state index contributed by atoms with van der Waals surface area (Å²) in [5.74, 6) is 0.258. The first-order valence-corrected chi connectivity index (χ1v) is 5.53. The maximum atomic E-state index is 13.3. The highest BCUT2D eigenvalue weighted by molar-refractivity contribution is 5.13. The maximum Gasteiger partial charge on any atom is 0.144 e. The molecule has 1 unspecified atom stereocenters. The van der Waals surface area contributed by atoms with Gasteiger partial charge in [0.05, 0.1) is 6.20 Å². The van der Waals surface area contributed by atoms with Crippen molar-refractivity contribution in [1.29, 1.82) is 0 Å². The number of nitrogens with one attached hydrogen (secondary N) is 1. The Kier molecular flexibility index (Phi) is 5.26. The summed E-state index contributed by atoms with van der Waals surface area (Å²) in [6.45, 7) is 6.24. The van der Waals surface area contributed by atoms with Crippen LogP contribution in [0.2, 0.25) is 0 Å². The molecule has 0 fully saturated rings. The Balaban J connectivity index is 2.37. The van der Waals surface area contributed by atoms with Gasteiger partial charge in [-0.1, -0.05) is 13.8 Å². The van der Waals surface area contributed by atoms with E-state index in [1.807, 2.05) is 0 Å². The van der Waals surface area contributed by atoms with Gasteiger partial charge in [0.1, 0.15) is 5.82 Å². The average Bonchev–Trinajstić information content (AvgIpc) is 2.22. The van der Waals surface area contributed by atoms with Crippen LogP contribution in [0.5, 0.6) is 0 Å². The van der Waals surface area contributed by atoms with E-state index in [0.717, 1.165) is 31.5 Å². The van der Waals surface area contributed by atoms with Crippen molar-refractivity contribution in [2.75, 3.05) is 13.1 Å². The molecule has 0 aliphatic rings. The minimum absolute atomic E-state index is 0.195. The van der Waals surface area contributed by atoms with E-state index in [1.165, 1.54) is 6.20 Å². The fraction of sp³-hybridized carbons (Fsp3) is 0.583. The molecule has 3 heteroatoms. The van der Waals surface area contributed by atoms with Crippen LogP contribution in [-0.2, 0) is 6.42 Å². The molecule has 1 atom stereocenters. The summed E-state index contributed by atoms with van der Waals surface area (Å²) in [5.41, 5.74) is 0.760. The van der Waals surface area contributed by atoms with Crippen molar-refractivity contribution in [2.45, 2.75) is 26.7 Å². The lowest BCUT2D eigenvalue weighted by molar-refractivity contribution is 0.496. The van der Waals surface area contributed by atoms with Crippen LogP contribution in [0.3, 0.4) is 0 Å². The van der Waals surface area contributed by atoms with Crippen LogP contribution < -0.4 is 5.32 Å². The summed E-state index contributed by atoms with van der Waals surface area (Å²) in [7, 11) is 0. The predicted octanol–water partition coefficient (Wildman–Crippen LogP) is 2.40. The van der Waals surface area contributed by atoms with Crippen LogP contribution in [0.1, 0.15) is 25.8 Å². The maximum absolute atomic E-state index is 13.3. The Morgan fingerprint density at radius 2 is 2.33 bits per heavy atom. The Hall–Kier alpha value is -0.960. The van der Waals surface area contributed by atoms with Crippen molar-refractivity contribution in [3.05, 3.63) is 29.8 Å². The molecule has 0 aliphatic heterocycles. The van der Waals surface area contributed by atoms with Gasteiger partial charge in [-0.3, -0.25) is 4.98 Å². The van der Waals surface area contributed by atoms with E-state index in [4.69, 9.17) is 0 Å². The highest BCUT2D eigenvalue weighted by Crippen LogP contribution is 2.10. The van der Waals surface area contributed by atoms with Crippen LogP contribution in [-0.4, -0.2) is 18.1 Å². The fourth-order valence-corrected chi connectivity index (χ4v) is 1.54. The molecule has 1 aromatic heterocycles. The molecule has 1 N–H and O–H groups in total. The van der Waals surface area contributed by atoms with Gasteiger partial charge in [-0.2, -0.15) is 0 Å². The number of hydrogen-bond acceptors (Lipinski definition) is 2. The molecule has 0 spiro atoms. The first kappa shape index (κ1) is 12.1. The lowest BCUT2D eigenvalue weighted by Crippen LogP contribution is -2.23. The fourth-order valence-electron chi connectivity index (χ4n) is 1.54. The summed E-state index contributed by atoms with van der Waals surface area (Å²) in [5, 5.41) is 3.34. The van der Waals surface area contributed by atoms with Crippen molar-refractivity contribution in [3.63, 3.8) is 0 Å². The van der Waals surface area contributed by atoms with E-state index in [2.05, 4.69) is 24.1 Å². The quantitative estimate of drug-likeness (QED) is 0.729. The third-order valence-electron chi connectivity index (χ3n) is 2.34. The van der Waals surface area contributed by atoms with Crippen LogP contribution in [0.4, 0.5) is 4.39 Å². The van der Waals surface area contributed by atoms with Crippen molar-refractivity contribution >= 4 is 0 Å². The summed E-state index contributed by atoms with van der Waals surface area (Å²) < 4.78 is 13.3. The second-order valence-electron chi connectivity index (χ2n) is 3.98. The lowest BCUT2D eigenvalue weighted by Gasteiger charge is -2.12. The zero-order chi connectivity index (χ0) is 11.1. The Morgan fingerprint density at radius 1 is 1.53 bits per heavy atom. The lowest BCUT2D eigenvalue weighted by atomic mass is 10.0. The van der Waals surface area contributed by atoms with Crippen LogP contribution in [0, 0.1) is 11.7 Å². The van der Waals surface area contributed by atoms with E-state index in [0.29, 0.717) is 5.92 Å². The second kappa shape index (κ2) is 6.51.